The normalized spacial score (nSPS) is 30.7. The fourth-order valence-electron chi connectivity index (χ4n) is 3.26. The Bertz CT molecular complexity index is 548. The molecule has 120 valence electrons. The molecular formula is C16H21ClFN3O. The number of benzene rings is 1. The molecule has 2 aliphatic carbocycles. The summed E-state index contributed by atoms with van der Waals surface area (Å²) in [6.45, 7) is 0. The maximum atomic E-state index is 13.8. The molecule has 0 unspecified atom stereocenters. The van der Waals surface area contributed by atoms with E-state index in [0.717, 1.165) is 25.7 Å². The van der Waals surface area contributed by atoms with Gasteiger partial charge in [-0.1, -0.05) is 30.5 Å². The number of carbonyl (C=O) groups is 1. The van der Waals surface area contributed by atoms with E-state index in [9.17, 15) is 9.18 Å². The minimum absolute atomic E-state index is 0.0236. The zero-order valence-corrected chi connectivity index (χ0v) is 13.1. The van der Waals surface area contributed by atoms with Crippen LogP contribution in [0.5, 0.6) is 0 Å². The van der Waals surface area contributed by atoms with Crippen molar-refractivity contribution in [3.05, 3.63) is 34.6 Å². The van der Waals surface area contributed by atoms with E-state index in [1.54, 1.807) is 12.1 Å². The number of amides is 2. The van der Waals surface area contributed by atoms with Crippen LogP contribution in [0.15, 0.2) is 18.2 Å². The zero-order chi connectivity index (χ0) is 15.7. The molecule has 0 aliphatic heterocycles. The van der Waals surface area contributed by atoms with Crippen LogP contribution in [0.2, 0.25) is 5.02 Å². The highest BCUT2D eigenvalue weighted by molar-refractivity contribution is 6.31. The van der Waals surface area contributed by atoms with Gasteiger partial charge in [-0.3, -0.25) is 0 Å². The highest BCUT2D eigenvalue weighted by Gasteiger charge is 2.42. The van der Waals surface area contributed by atoms with Crippen molar-refractivity contribution in [2.45, 2.75) is 56.1 Å². The van der Waals surface area contributed by atoms with Gasteiger partial charge < -0.3 is 16.4 Å². The summed E-state index contributed by atoms with van der Waals surface area (Å²) < 4.78 is 13.8. The summed E-state index contributed by atoms with van der Waals surface area (Å²) in [5.41, 5.74) is 6.53. The second-order valence-corrected chi connectivity index (χ2v) is 6.66. The number of nitrogens with one attached hydrogen (secondary N) is 2. The van der Waals surface area contributed by atoms with Crippen LogP contribution in [0.4, 0.5) is 9.18 Å². The van der Waals surface area contributed by atoms with E-state index in [-0.39, 0.29) is 35.9 Å². The molecule has 3 rings (SSSR count). The fourth-order valence-corrected chi connectivity index (χ4v) is 3.56. The summed E-state index contributed by atoms with van der Waals surface area (Å²) in [5, 5.41) is 6.25. The van der Waals surface area contributed by atoms with Gasteiger partial charge in [0.05, 0.1) is 0 Å². The maximum absolute atomic E-state index is 13.8. The molecule has 0 heterocycles. The number of nitrogens with two attached hydrogens (primary N) is 1. The van der Waals surface area contributed by atoms with Gasteiger partial charge in [0.2, 0.25) is 0 Å². The third kappa shape index (κ3) is 3.36. The van der Waals surface area contributed by atoms with E-state index in [4.69, 9.17) is 17.3 Å². The zero-order valence-electron chi connectivity index (χ0n) is 12.3. The largest absolute Gasteiger partial charge is 0.335 e. The summed E-state index contributed by atoms with van der Waals surface area (Å²) in [5.74, 6) is -0.351. The Kier molecular flexibility index (Phi) is 4.54. The van der Waals surface area contributed by atoms with Crippen LogP contribution >= 0.6 is 11.6 Å². The lowest BCUT2D eigenvalue weighted by Crippen LogP contribution is -2.52. The summed E-state index contributed by atoms with van der Waals surface area (Å²) in [6.07, 6.45) is 4.79. The molecule has 1 aromatic carbocycles. The summed E-state index contributed by atoms with van der Waals surface area (Å²) in [4.78, 5) is 12.0. The van der Waals surface area contributed by atoms with Gasteiger partial charge in [-0.15, -0.1) is 0 Å². The third-order valence-corrected chi connectivity index (χ3v) is 4.94. The second-order valence-electron chi connectivity index (χ2n) is 6.26. The molecule has 4 nitrogen and oxygen atoms in total. The minimum Gasteiger partial charge on any atom is -0.335 e. The van der Waals surface area contributed by atoms with Crippen molar-refractivity contribution in [1.82, 2.24) is 10.6 Å². The highest BCUT2D eigenvalue weighted by atomic mass is 35.5. The van der Waals surface area contributed by atoms with E-state index < -0.39 is 0 Å². The lowest BCUT2D eigenvalue weighted by atomic mass is 9.91. The smallest absolute Gasteiger partial charge is 0.315 e. The van der Waals surface area contributed by atoms with E-state index in [0.29, 0.717) is 17.0 Å². The van der Waals surface area contributed by atoms with Crippen molar-refractivity contribution in [2.24, 2.45) is 5.73 Å². The topological polar surface area (TPSA) is 67.1 Å². The lowest BCUT2D eigenvalue weighted by Gasteiger charge is -2.29. The predicted octanol–water partition coefficient (Wildman–Crippen LogP) is 2.90. The number of hydrogen-bond acceptors (Lipinski definition) is 2. The van der Waals surface area contributed by atoms with Crippen molar-refractivity contribution in [3.63, 3.8) is 0 Å². The van der Waals surface area contributed by atoms with Crippen molar-refractivity contribution < 1.29 is 9.18 Å². The van der Waals surface area contributed by atoms with Crippen molar-refractivity contribution >= 4 is 17.6 Å². The number of hydrogen-bond donors (Lipinski definition) is 3. The van der Waals surface area contributed by atoms with Crippen molar-refractivity contribution in [2.75, 3.05) is 0 Å². The van der Waals surface area contributed by atoms with E-state index in [1.807, 2.05) is 0 Å². The monoisotopic (exact) mass is 325 g/mol. The Hall–Kier alpha value is -1.33. The minimum atomic E-state index is -0.309. The standard InChI is InChI=1S/C16H21ClFN3O/c17-10-4-3-5-11(18)15(10)9-8-14(9)21-16(22)20-13-7-2-1-6-12(13)19/h3-5,9,12-14H,1-2,6-8,19H2,(H2,20,21,22)/t9-,12-,13-,14-/m1/s1. The molecule has 0 saturated heterocycles. The maximum Gasteiger partial charge on any atom is 0.315 e. The van der Waals surface area contributed by atoms with Crippen molar-refractivity contribution in [3.8, 4) is 0 Å². The summed E-state index contributed by atoms with van der Waals surface area (Å²) >= 11 is 6.06. The fraction of sp³-hybridized carbons (Fsp3) is 0.562. The first-order valence-corrected chi connectivity index (χ1v) is 8.20. The molecule has 2 aliphatic rings. The van der Waals surface area contributed by atoms with Crippen LogP contribution in [-0.2, 0) is 0 Å². The number of rotatable bonds is 3. The molecule has 2 fully saturated rings. The lowest BCUT2D eigenvalue weighted by molar-refractivity contribution is 0.228. The Morgan fingerprint density at radius 2 is 1.95 bits per heavy atom. The molecule has 4 atom stereocenters. The van der Waals surface area contributed by atoms with Gasteiger partial charge in [-0.25, -0.2) is 9.18 Å². The Morgan fingerprint density at radius 3 is 2.68 bits per heavy atom. The van der Waals surface area contributed by atoms with Gasteiger partial charge in [0, 0.05) is 34.6 Å². The van der Waals surface area contributed by atoms with Gasteiger partial charge in [0.15, 0.2) is 0 Å². The molecule has 2 saturated carbocycles. The third-order valence-electron chi connectivity index (χ3n) is 4.61. The van der Waals surface area contributed by atoms with Crippen LogP contribution in [0.25, 0.3) is 0 Å². The number of urea groups is 1. The van der Waals surface area contributed by atoms with E-state index in [1.165, 1.54) is 6.07 Å². The average molecular weight is 326 g/mol. The summed E-state index contributed by atoms with van der Waals surface area (Å²) in [7, 11) is 0. The molecule has 1 aromatic rings. The van der Waals surface area contributed by atoms with E-state index >= 15 is 0 Å². The van der Waals surface area contributed by atoms with Gasteiger partial charge in [-0.05, 0) is 31.4 Å². The molecule has 22 heavy (non-hydrogen) atoms. The first kappa shape index (κ1) is 15.6. The first-order valence-electron chi connectivity index (χ1n) is 7.83. The molecule has 2 amide bonds. The Morgan fingerprint density at radius 1 is 1.23 bits per heavy atom. The van der Waals surface area contributed by atoms with E-state index in [2.05, 4.69) is 10.6 Å². The number of carbonyl (C=O) groups excluding carboxylic acids is 1. The van der Waals surface area contributed by atoms with Crippen molar-refractivity contribution in [1.29, 1.82) is 0 Å². The molecule has 6 heteroatoms. The molecule has 4 N–H and O–H groups in total. The Labute approximate surface area is 134 Å². The van der Waals surface area contributed by atoms with Gasteiger partial charge >= 0.3 is 6.03 Å². The summed E-state index contributed by atoms with van der Waals surface area (Å²) in [6, 6.07) is 4.44. The molecular weight excluding hydrogens is 305 g/mol. The Balaban J connectivity index is 1.54. The highest BCUT2D eigenvalue weighted by Crippen LogP contribution is 2.44. The molecule has 0 bridgehead atoms. The first-order chi connectivity index (χ1) is 10.6. The van der Waals surface area contributed by atoms with Crippen LogP contribution in [0, 0.1) is 5.82 Å². The number of halogens is 2. The quantitative estimate of drug-likeness (QED) is 0.800. The second kappa shape index (κ2) is 6.42. The predicted molar refractivity (Wildman–Crippen MR) is 84.5 cm³/mol. The molecule has 0 spiro atoms. The van der Waals surface area contributed by atoms with Gasteiger partial charge in [0.25, 0.3) is 0 Å². The van der Waals surface area contributed by atoms with Gasteiger partial charge in [0.1, 0.15) is 5.82 Å². The van der Waals surface area contributed by atoms with Crippen LogP contribution in [0.3, 0.4) is 0 Å². The molecule has 0 radical (unpaired) electrons. The molecule has 0 aromatic heterocycles. The van der Waals surface area contributed by atoms with Gasteiger partial charge in [-0.2, -0.15) is 0 Å². The van der Waals surface area contributed by atoms with Crippen LogP contribution in [0.1, 0.15) is 43.6 Å². The van der Waals surface area contributed by atoms with Crippen LogP contribution in [-0.4, -0.2) is 24.2 Å². The SMILES string of the molecule is N[C@@H]1CCCC[C@H]1NC(=O)N[C@@H]1C[C@H]1c1c(F)cccc1Cl. The average Bonchev–Trinajstić information content (AvgIpc) is 3.20. The van der Waals surface area contributed by atoms with Crippen LogP contribution < -0.4 is 16.4 Å².